The van der Waals surface area contributed by atoms with Gasteiger partial charge in [0.15, 0.2) is 5.75 Å². The third-order valence-corrected chi connectivity index (χ3v) is 3.24. The molecule has 0 aliphatic rings. The predicted molar refractivity (Wildman–Crippen MR) is 72.1 cm³/mol. The minimum atomic E-state index is -0.103. The summed E-state index contributed by atoms with van der Waals surface area (Å²) in [6.07, 6.45) is 1.30. The van der Waals surface area contributed by atoms with Gasteiger partial charge in [0.25, 0.3) is 0 Å². The number of methoxy groups -OCH3 is 1. The van der Waals surface area contributed by atoms with E-state index in [1.807, 2.05) is 32.0 Å². The molecule has 0 saturated carbocycles. The third kappa shape index (κ3) is 2.23. The molecule has 96 valence electrons. The lowest BCUT2D eigenvalue weighted by atomic mass is 9.99. The van der Waals surface area contributed by atoms with Crippen LogP contribution in [0.25, 0.3) is 11.3 Å². The van der Waals surface area contributed by atoms with Gasteiger partial charge >= 0.3 is 0 Å². The highest BCUT2D eigenvalue weighted by Crippen LogP contribution is 2.31. The minimum Gasteiger partial charge on any atom is -0.505 e. The van der Waals surface area contributed by atoms with E-state index >= 15 is 0 Å². The zero-order chi connectivity index (χ0) is 14.0. The van der Waals surface area contributed by atoms with Crippen molar-refractivity contribution in [3.8, 4) is 28.8 Å². The average molecular weight is 254 g/mol. The van der Waals surface area contributed by atoms with Crippen LogP contribution in [0.1, 0.15) is 16.7 Å². The topological polar surface area (TPSA) is 66.1 Å². The molecule has 0 atom stereocenters. The lowest BCUT2D eigenvalue weighted by Crippen LogP contribution is -1.94. The molecule has 0 amide bonds. The Kier molecular flexibility index (Phi) is 3.39. The molecular weight excluding hydrogens is 240 g/mol. The Morgan fingerprint density at radius 1 is 1.26 bits per heavy atom. The van der Waals surface area contributed by atoms with Crippen molar-refractivity contribution in [2.24, 2.45) is 0 Å². The smallest absolute Gasteiger partial charge is 0.151 e. The van der Waals surface area contributed by atoms with E-state index in [4.69, 9.17) is 10.00 Å². The first kappa shape index (κ1) is 12.9. The van der Waals surface area contributed by atoms with E-state index in [0.29, 0.717) is 5.69 Å². The SMILES string of the molecule is COc1ccc(-c2cc(C#N)c(O)cn2)c(C)c1C. The van der Waals surface area contributed by atoms with Crippen LogP contribution in [-0.4, -0.2) is 17.2 Å². The van der Waals surface area contributed by atoms with E-state index < -0.39 is 0 Å². The van der Waals surface area contributed by atoms with E-state index in [1.165, 1.54) is 6.20 Å². The molecule has 0 spiro atoms. The molecule has 0 radical (unpaired) electrons. The number of hydrogen-bond acceptors (Lipinski definition) is 4. The normalized spacial score (nSPS) is 10.0. The number of benzene rings is 1. The van der Waals surface area contributed by atoms with E-state index in [0.717, 1.165) is 22.4 Å². The number of hydrogen-bond donors (Lipinski definition) is 1. The van der Waals surface area contributed by atoms with Crippen molar-refractivity contribution in [1.82, 2.24) is 4.98 Å². The van der Waals surface area contributed by atoms with Crippen molar-refractivity contribution in [3.63, 3.8) is 0 Å². The maximum absolute atomic E-state index is 9.48. The number of pyridine rings is 1. The van der Waals surface area contributed by atoms with Gasteiger partial charge in [-0.3, -0.25) is 4.98 Å². The van der Waals surface area contributed by atoms with Crippen molar-refractivity contribution in [2.75, 3.05) is 7.11 Å². The molecule has 1 N–H and O–H groups in total. The molecule has 0 aliphatic carbocycles. The summed E-state index contributed by atoms with van der Waals surface area (Å²) in [6.45, 7) is 3.96. The first-order chi connectivity index (χ1) is 9.08. The van der Waals surface area contributed by atoms with Gasteiger partial charge in [-0.2, -0.15) is 5.26 Å². The van der Waals surface area contributed by atoms with Gasteiger partial charge in [0.2, 0.25) is 0 Å². The van der Waals surface area contributed by atoms with E-state index in [1.54, 1.807) is 13.2 Å². The zero-order valence-electron chi connectivity index (χ0n) is 11.1. The van der Waals surface area contributed by atoms with Crippen LogP contribution in [0.3, 0.4) is 0 Å². The fraction of sp³-hybridized carbons (Fsp3) is 0.200. The second kappa shape index (κ2) is 4.99. The summed E-state index contributed by atoms with van der Waals surface area (Å²) in [4.78, 5) is 4.17. The standard InChI is InChI=1S/C15H14N2O2/c1-9-10(2)15(19-3)5-4-12(9)13-6-11(7-16)14(18)8-17-13/h4-6,8,18H,1-3H3. The predicted octanol–water partition coefficient (Wildman–Crippen LogP) is 2.95. The van der Waals surface area contributed by atoms with Gasteiger partial charge in [0.05, 0.1) is 24.6 Å². The molecule has 0 unspecified atom stereocenters. The van der Waals surface area contributed by atoms with Gasteiger partial charge in [-0.1, -0.05) is 0 Å². The quantitative estimate of drug-likeness (QED) is 0.894. The molecule has 0 aliphatic heterocycles. The Labute approximate surface area is 111 Å². The highest BCUT2D eigenvalue weighted by molar-refractivity contribution is 5.69. The van der Waals surface area contributed by atoms with Crippen LogP contribution < -0.4 is 4.74 Å². The highest BCUT2D eigenvalue weighted by atomic mass is 16.5. The lowest BCUT2D eigenvalue weighted by molar-refractivity contribution is 0.411. The van der Waals surface area contributed by atoms with E-state index in [-0.39, 0.29) is 11.3 Å². The van der Waals surface area contributed by atoms with Crippen LogP contribution in [0.4, 0.5) is 0 Å². The maximum Gasteiger partial charge on any atom is 0.151 e. The molecular formula is C15H14N2O2. The van der Waals surface area contributed by atoms with Crippen LogP contribution in [0.5, 0.6) is 11.5 Å². The van der Waals surface area contributed by atoms with Gasteiger partial charge in [0, 0.05) is 5.56 Å². The summed E-state index contributed by atoms with van der Waals surface area (Å²) in [6, 6.07) is 7.31. The molecule has 4 nitrogen and oxygen atoms in total. The first-order valence-corrected chi connectivity index (χ1v) is 5.82. The second-order valence-electron chi connectivity index (χ2n) is 4.26. The summed E-state index contributed by atoms with van der Waals surface area (Å²) < 4.78 is 5.27. The molecule has 1 heterocycles. The van der Waals surface area contributed by atoms with E-state index in [2.05, 4.69) is 4.98 Å². The molecule has 4 heteroatoms. The average Bonchev–Trinajstić information content (AvgIpc) is 2.43. The van der Waals surface area contributed by atoms with Crippen LogP contribution in [-0.2, 0) is 0 Å². The van der Waals surface area contributed by atoms with Gasteiger partial charge in [-0.05, 0) is 43.2 Å². The molecule has 2 rings (SSSR count). The van der Waals surface area contributed by atoms with Crippen LogP contribution in [0, 0.1) is 25.2 Å². The summed E-state index contributed by atoms with van der Waals surface area (Å²) >= 11 is 0. The fourth-order valence-electron chi connectivity index (χ4n) is 1.98. The third-order valence-electron chi connectivity index (χ3n) is 3.24. The first-order valence-electron chi connectivity index (χ1n) is 5.82. The molecule has 19 heavy (non-hydrogen) atoms. The number of ether oxygens (including phenoxy) is 1. The minimum absolute atomic E-state index is 0.103. The molecule has 0 bridgehead atoms. The number of rotatable bonds is 2. The fourth-order valence-corrected chi connectivity index (χ4v) is 1.98. The summed E-state index contributed by atoms with van der Waals surface area (Å²) in [5.74, 6) is 0.717. The molecule has 2 aromatic rings. The van der Waals surface area contributed by atoms with Crippen molar-refractivity contribution in [3.05, 3.63) is 41.1 Å². The monoisotopic (exact) mass is 254 g/mol. The van der Waals surface area contributed by atoms with Crippen molar-refractivity contribution >= 4 is 0 Å². The molecule has 0 fully saturated rings. The van der Waals surface area contributed by atoms with Gasteiger partial charge in [-0.25, -0.2) is 0 Å². The Hall–Kier alpha value is -2.54. The summed E-state index contributed by atoms with van der Waals surface area (Å²) in [5, 5.41) is 18.4. The van der Waals surface area contributed by atoms with Crippen LogP contribution in [0.15, 0.2) is 24.4 Å². The highest BCUT2D eigenvalue weighted by Gasteiger charge is 2.11. The van der Waals surface area contributed by atoms with Crippen molar-refractivity contribution in [2.45, 2.75) is 13.8 Å². The summed E-state index contributed by atoms with van der Waals surface area (Å²) in [5.41, 5.74) is 3.89. The Bertz CT molecular complexity index is 673. The van der Waals surface area contributed by atoms with Crippen LogP contribution in [0.2, 0.25) is 0 Å². The zero-order valence-corrected chi connectivity index (χ0v) is 11.1. The van der Waals surface area contributed by atoms with Gasteiger partial charge in [-0.15, -0.1) is 0 Å². The molecule has 0 saturated heterocycles. The Morgan fingerprint density at radius 3 is 2.63 bits per heavy atom. The largest absolute Gasteiger partial charge is 0.505 e. The van der Waals surface area contributed by atoms with Crippen LogP contribution >= 0.6 is 0 Å². The number of nitrogens with zero attached hydrogens (tertiary/aromatic N) is 2. The van der Waals surface area contributed by atoms with Gasteiger partial charge < -0.3 is 9.84 Å². The maximum atomic E-state index is 9.48. The van der Waals surface area contributed by atoms with Crippen molar-refractivity contribution < 1.29 is 9.84 Å². The molecule has 1 aromatic heterocycles. The Balaban J connectivity index is 2.60. The van der Waals surface area contributed by atoms with E-state index in [9.17, 15) is 5.11 Å². The number of nitriles is 1. The summed E-state index contributed by atoms with van der Waals surface area (Å²) in [7, 11) is 1.63. The number of aromatic nitrogens is 1. The Morgan fingerprint density at radius 2 is 2.00 bits per heavy atom. The molecule has 1 aromatic carbocycles. The number of aromatic hydroxyl groups is 1. The lowest BCUT2D eigenvalue weighted by Gasteiger charge is -2.12. The van der Waals surface area contributed by atoms with Gasteiger partial charge in [0.1, 0.15) is 11.8 Å². The van der Waals surface area contributed by atoms with Crippen molar-refractivity contribution in [1.29, 1.82) is 5.26 Å². The second-order valence-corrected chi connectivity index (χ2v) is 4.26.